The molecule has 3 aromatic rings. The SMILES string of the molecule is O=C(CSc1nc2ccccc2o1)N/N=C\c1ccc(OC(=O)C[C@H]2SC(=O)NC2=O)cc1. The Hall–Kier alpha value is -3.64. The van der Waals surface area contributed by atoms with Gasteiger partial charge >= 0.3 is 5.97 Å². The third kappa shape index (κ3) is 6.20. The number of aromatic nitrogens is 1. The van der Waals surface area contributed by atoms with Crippen molar-refractivity contribution >= 4 is 63.9 Å². The molecule has 1 saturated heterocycles. The molecule has 33 heavy (non-hydrogen) atoms. The van der Waals surface area contributed by atoms with Crippen LogP contribution in [0.25, 0.3) is 11.1 Å². The Morgan fingerprint density at radius 1 is 1.21 bits per heavy atom. The van der Waals surface area contributed by atoms with Crippen LogP contribution < -0.4 is 15.5 Å². The second-order valence-electron chi connectivity index (χ2n) is 6.66. The standard InChI is InChI=1S/C21H16N4O6S2/c26-17(11-32-21-23-14-3-1-2-4-15(14)31-21)25-22-10-12-5-7-13(8-6-12)30-18(27)9-16-19(28)24-20(29)33-16/h1-8,10,16H,9,11H2,(H,25,26)(H,24,28,29)/b22-10-/t16-/m1/s1. The van der Waals surface area contributed by atoms with Gasteiger partial charge in [-0.25, -0.2) is 10.4 Å². The summed E-state index contributed by atoms with van der Waals surface area (Å²) in [4.78, 5) is 50.8. The molecule has 0 aliphatic carbocycles. The largest absolute Gasteiger partial charge is 0.431 e. The topological polar surface area (TPSA) is 140 Å². The maximum Gasteiger partial charge on any atom is 0.312 e. The van der Waals surface area contributed by atoms with Gasteiger partial charge in [0.1, 0.15) is 16.5 Å². The summed E-state index contributed by atoms with van der Waals surface area (Å²) < 4.78 is 10.7. The summed E-state index contributed by atoms with van der Waals surface area (Å²) in [7, 11) is 0. The Morgan fingerprint density at radius 3 is 2.73 bits per heavy atom. The molecule has 1 aliphatic heterocycles. The van der Waals surface area contributed by atoms with Crippen molar-refractivity contribution in [2.75, 3.05) is 5.75 Å². The molecule has 0 saturated carbocycles. The van der Waals surface area contributed by atoms with Gasteiger partial charge in [-0.3, -0.25) is 24.5 Å². The van der Waals surface area contributed by atoms with E-state index >= 15 is 0 Å². The molecule has 2 heterocycles. The van der Waals surface area contributed by atoms with Gasteiger partial charge in [-0.2, -0.15) is 5.10 Å². The number of thioether (sulfide) groups is 2. The van der Waals surface area contributed by atoms with Crippen LogP contribution in [0.2, 0.25) is 0 Å². The van der Waals surface area contributed by atoms with Crippen LogP contribution in [0, 0.1) is 0 Å². The van der Waals surface area contributed by atoms with E-state index in [-0.39, 0.29) is 23.8 Å². The van der Waals surface area contributed by atoms with Crippen LogP contribution in [0.1, 0.15) is 12.0 Å². The number of carbonyl (C=O) groups excluding carboxylic acids is 4. The number of hydrazone groups is 1. The summed E-state index contributed by atoms with van der Waals surface area (Å²) >= 11 is 1.93. The van der Waals surface area contributed by atoms with E-state index in [1.165, 1.54) is 6.21 Å². The molecule has 1 atom stereocenters. The number of hydrogen-bond donors (Lipinski definition) is 2. The number of nitrogens with zero attached hydrogens (tertiary/aromatic N) is 2. The minimum atomic E-state index is -0.777. The highest BCUT2D eigenvalue weighted by atomic mass is 32.2. The van der Waals surface area contributed by atoms with Crippen LogP contribution in [0.15, 0.2) is 63.3 Å². The summed E-state index contributed by atoms with van der Waals surface area (Å²) in [5.41, 5.74) is 4.47. The number of oxazole rings is 1. The van der Waals surface area contributed by atoms with Crippen LogP contribution >= 0.6 is 23.5 Å². The van der Waals surface area contributed by atoms with Gasteiger partial charge in [-0.1, -0.05) is 35.7 Å². The normalized spacial score (nSPS) is 15.7. The van der Waals surface area contributed by atoms with Crippen LogP contribution in [0.5, 0.6) is 5.75 Å². The molecular formula is C21H16N4O6S2. The minimum Gasteiger partial charge on any atom is -0.431 e. The number of ether oxygens (including phenoxy) is 1. The van der Waals surface area contributed by atoms with Gasteiger partial charge in [-0.15, -0.1) is 0 Å². The number of hydrogen-bond acceptors (Lipinski definition) is 10. The van der Waals surface area contributed by atoms with Gasteiger partial charge in [0.05, 0.1) is 18.4 Å². The van der Waals surface area contributed by atoms with E-state index in [0.717, 1.165) is 29.0 Å². The van der Waals surface area contributed by atoms with E-state index < -0.39 is 22.4 Å². The van der Waals surface area contributed by atoms with Crippen molar-refractivity contribution in [2.45, 2.75) is 16.9 Å². The first-order valence-electron chi connectivity index (χ1n) is 9.59. The molecule has 0 unspecified atom stereocenters. The van der Waals surface area contributed by atoms with Gasteiger partial charge in [0.2, 0.25) is 5.91 Å². The molecule has 4 rings (SSSR count). The highest BCUT2D eigenvalue weighted by molar-refractivity contribution is 8.15. The first-order chi connectivity index (χ1) is 16.0. The molecular weight excluding hydrogens is 468 g/mol. The average molecular weight is 485 g/mol. The number of para-hydroxylation sites is 2. The Balaban J connectivity index is 1.20. The predicted octanol–water partition coefficient (Wildman–Crippen LogP) is 2.72. The fraction of sp³-hybridized carbons (Fsp3) is 0.143. The average Bonchev–Trinajstić information content (AvgIpc) is 3.35. The van der Waals surface area contributed by atoms with E-state index in [1.54, 1.807) is 30.3 Å². The summed E-state index contributed by atoms with van der Waals surface area (Å²) in [6.45, 7) is 0. The predicted molar refractivity (Wildman–Crippen MR) is 122 cm³/mol. The molecule has 0 spiro atoms. The van der Waals surface area contributed by atoms with Crippen molar-refractivity contribution < 1.29 is 28.3 Å². The lowest BCUT2D eigenvalue weighted by Gasteiger charge is -2.06. The summed E-state index contributed by atoms with van der Waals surface area (Å²) in [5, 5.41) is 5.16. The zero-order chi connectivity index (χ0) is 23.2. The first kappa shape index (κ1) is 22.6. The van der Waals surface area contributed by atoms with Crippen molar-refractivity contribution in [3.05, 3.63) is 54.1 Å². The van der Waals surface area contributed by atoms with E-state index in [0.29, 0.717) is 16.4 Å². The lowest BCUT2D eigenvalue weighted by Crippen LogP contribution is -2.27. The van der Waals surface area contributed by atoms with E-state index in [2.05, 4.69) is 20.8 Å². The van der Waals surface area contributed by atoms with Gasteiger partial charge in [-0.05, 0) is 42.0 Å². The number of imide groups is 1. The quantitative estimate of drug-likeness (QED) is 0.162. The Labute approximate surface area is 195 Å². The fourth-order valence-corrected chi connectivity index (χ4v) is 4.16. The van der Waals surface area contributed by atoms with Gasteiger partial charge in [0, 0.05) is 0 Å². The molecule has 1 aliphatic rings. The Kier molecular flexibility index (Phi) is 7.05. The number of nitrogens with one attached hydrogen (secondary N) is 2. The molecule has 1 fully saturated rings. The van der Waals surface area contributed by atoms with Gasteiger partial charge in [0.15, 0.2) is 5.58 Å². The number of fused-ring (bicyclic) bond motifs is 1. The number of carbonyl (C=O) groups is 4. The molecule has 3 amide bonds. The highest BCUT2D eigenvalue weighted by Crippen LogP contribution is 2.24. The van der Waals surface area contributed by atoms with Crippen LogP contribution in [0.4, 0.5) is 4.79 Å². The summed E-state index contributed by atoms with van der Waals surface area (Å²) in [5.74, 6) is -1.07. The third-order valence-corrected chi connectivity index (χ3v) is 6.04. The van der Waals surface area contributed by atoms with E-state index in [4.69, 9.17) is 9.15 Å². The second kappa shape index (κ2) is 10.3. The van der Waals surface area contributed by atoms with Gasteiger partial charge in [0.25, 0.3) is 16.4 Å². The van der Waals surface area contributed by atoms with Crippen molar-refractivity contribution in [1.29, 1.82) is 0 Å². The molecule has 12 heteroatoms. The Bertz CT molecular complexity index is 1210. The lowest BCUT2D eigenvalue weighted by atomic mass is 10.2. The molecule has 2 N–H and O–H groups in total. The number of amides is 3. The third-order valence-electron chi connectivity index (χ3n) is 4.23. The van der Waals surface area contributed by atoms with Gasteiger partial charge < -0.3 is 9.15 Å². The summed E-state index contributed by atoms with van der Waals surface area (Å²) in [6.07, 6.45) is 1.23. The van der Waals surface area contributed by atoms with Crippen LogP contribution in [0.3, 0.4) is 0 Å². The fourth-order valence-electron chi connectivity index (χ4n) is 2.73. The molecule has 2 aromatic carbocycles. The first-order valence-corrected chi connectivity index (χ1v) is 11.5. The molecule has 1 aromatic heterocycles. The maximum absolute atomic E-state index is 12.0. The lowest BCUT2D eigenvalue weighted by molar-refractivity contribution is -0.135. The van der Waals surface area contributed by atoms with Crippen LogP contribution in [-0.4, -0.2) is 45.2 Å². The van der Waals surface area contributed by atoms with Crippen LogP contribution in [-0.2, 0) is 14.4 Å². The highest BCUT2D eigenvalue weighted by Gasteiger charge is 2.33. The van der Waals surface area contributed by atoms with Crippen molar-refractivity contribution in [1.82, 2.24) is 15.7 Å². The number of rotatable bonds is 8. The molecule has 0 radical (unpaired) electrons. The van der Waals surface area contributed by atoms with Crippen molar-refractivity contribution in [3.63, 3.8) is 0 Å². The molecule has 0 bridgehead atoms. The van der Waals surface area contributed by atoms with Crippen molar-refractivity contribution in [3.8, 4) is 5.75 Å². The van der Waals surface area contributed by atoms with E-state index in [1.807, 2.05) is 18.2 Å². The number of benzene rings is 2. The second-order valence-corrected chi connectivity index (χ2v) is 8.76. The minimum absolute atomic E-state index is 0.0853. The zero-order valence-electron chi connectivity index (χ0n) is 16.8. The van der Waals surface area contributed by atoms with E-state index in [9.17, 15) is 19.2 Å². The Morgan fingerprint density at radius 2 is 2.00 bits per heavy atom. The van der Waals surface area contributed by atoms with Crippen molar-refractivity contribution in [2.24, 2.45) is 5.10 Å². The smallest absolute Gasteiger partial charge is 0.312 e. The molecule has 168 valence electrons. The summed E-state index contributed by atoms with van der Waals surface area (Å²) in [6, 6.07) is 13.7. The number of esters is 1. The maximum atomic E-state index is 12.0. The zero-order valence-corrected chi connectivity index (χ0v) is 18.5. The monoisotopic (exact) mass is 484 g/mol. The molecule has 10 nitrogen and oxygen atoms in total.